The molecule has 0 atom stereocenters. The summed E-state index contributed by atoms with van der Waals surface area (Å²) in [4.78, 5) is 6.86. The van der Waals surface area contributed by atoms with E-state index >= 15 is 0 Å². The minimum atomic E-state index is -4.69. The first-order valence-electron chi connectivity index (χ1n) is 5.67. The highest BCUT2D eigenvalue weighted by Gasteiger charge is 2.35. The van der Waals surface area contributed by atoms with Crippen molar-refractivity contribution < 1.29 is 23.2 Å². The Labute approximate surface area is 113 Å². The summed E-state index contributed by atoms with van der Waals surface area (Å²) in [5.41, 5.74) is -0.622. The van der Waals surface area contributed by atoms with Crippen LogP contribution in [0.25, 0.3) is 11.3 Å². The first-order chi connectivity index (χ1) is 9.27. The van der Waals surface area contributed by atoms with Gasteiger partial charge in [0.1, 0.15) is 5.69 Å². The van der Waals surface area contributed by atoms with Gasteiger partial charge in [0, 0.05) is 5.56 Å². The monoisotopic (exact) mass is 282 g/mol. The number of benzene rings is 1. The Morgan fingerprint density at radius 1 is 1.10 bits per heavy atom. The second kappa shape index (κ2) is 5.22. The van der Waals surface area contributed by atoms with Gasteiger partial charge < -0.3 is 10.0 Å². The van der Waals surface area contributed by atoms with E-state index in [2.05, 4.69) is 9.97 Å². The maximum Gasteiger partial charge on any atom is 0.528 e. The predicted octanol–water partition coefficient (Wildman–Crippen LogP) is 1.15. The highest BCUT2D eigenvalue weighted by molar-refractivity contribution is 6.56. The molecule has 20 heavy (non-hydrogen) atoms. The summed E-state index contributed by atoms with van der Waals surface area (Å²) < 4.78 is 38.3. The summed E-state index contributed by atoms with van der Waals surface area (Å²) in [7, 11) is -2.17. The summed E-state index contributed by atoms with van der Waals surface area (Å²) in [5.74, 6) is 0. The fourth-order valence-electron chi connectivity index (χ4n) is 1.68. The molecule has 1 aromatic carbocycles. The number of alkyl halides is 3. The molecule has 0 spiro atoms. The third kappa shape index (κ3) is 3.15. The van der Waals surface area contributed by atoms with E-state index in [1.807, 2.05) is 0 Å². The summed E-state index contributed by atoms with van der Waals surface area (Å²) in [6.45, 7) is 1.79. The minimum absolute atomic E-state index is 0.0147. The molecular formula is C12H10BF3N2O2. The maximum absolute atomic E-state index is 12.8. The van der Waals surface area contributed by atoms with E-state index in [9.17, 15) is 13.2 Å². The van der Waals surface area contributed by atoms with E-state index in [0.29, 0.717) is 5.56 Å². The second-order valence-corrected chi connectivity index (χ2v) is 4.24. The van der Waals surface area contributed by atoms with Crippen molar-refractivity contribution in [3.05, 3.63) is 41.6 Å². The molecule has 0 amide bonds. The van der Waals surface area contributed by atoms with Crippen LogP contribution >= 0.6 is 0 Å². The molecule has 0 saturated carbocycles. The van der Waals surface area contributed by atoms with E-state index in [1.54, 1.807) is 31.2 Å². The van der Waals surface area contributed by atoms with Gasteiger partial charge in [-0.2, -0.15) is 13.2 Å². The third-order valence-corrected chi connectivity index (χ3v) is 2.58. The molecule has 1 aromatic heterocycles. The van der Waals surface area contributed by atoms with Crippen LogP contribution in [0.1, 0.15) is 11.3 Å². The number of aromatic nitrogens is 2. The van der Waals surface area contributed by atoms with Gasteiger partial charge in [0.2, 0.25) is 0 Å². The Morgan fingerprint density at radius 3 is 2.35 bits per heavy atom. The number of hydrogen-bond donors (Lipinski definition) is 2. The van der Waals surface area contributed by atoms with Crippen molar-refractivity contribution in [1.82, 2.24) is 9.97 Å². The van der Waals surface area contributed by atoms with Crippen molar-refractivity contribution in [2.75, 3.05) is 0 Å². The summed E-state index contributed by atoms with van der Waals surface area (Å²) in [6, 6.07) is 7.48. The lowest BCUT2D eigenvalue weighted by Crippen LogP contribution is -2.37. The van der Waals surface area contributed by atoms with Crippen LogP contribution in [-0.2, 0) is 6.18 Å². The van der Waals surface area contributed by atoms with Crippen molar-refractivity contribution in [1.29, 1.82) is 0 Å². The first-order valence-corrected chi connectivity index (χ1v) is 5.67. The van der Waals surface area contributed by atoms with E-state index in [0.717, 1.165) is 11.6 Å². The number of aryl methyl sites for hydroxylation is 1. The van der Waals surface area contributed by atoms with Crippen molar-refractivity contribution in [2.24, 2.45) is 0 Å². The Bertz CT molecular complexity index is 632. The summed E-state index contributed by atoms with van der Waals surface area (Å²) >= 11 is 0. The molecule has 0 fully saturated rings. The van der Waals surface area contributed by atoms with Crippen LogP contribution in [0.15, 0.2) is 30.3 Å². The lowest BCUT2D eigenvalue weighted by molar-refractivity contribution is -0.141. The topological polar surface area (TPSA) is 66.2 Å². The average molecular weight is 282 g/mol. The van der Waals surface area contributed by atoms with Gasteiger partial charge in [0.05, 0.1) is 5.69 Å². The summed E-state index contributed by atoms with van der Waals surface area (Å²) in [6.07, 6.45) is -4.69. The molecule has 0 aliphatic heterocycles. The largest absolute Gasteiger partial charge is 0.528 e. The molecule has 2 aromatic rings. The van der Waals surface area contributed by atoms with E-state index in [4.69, 9.17) is 10.0 Å². The fraction of sp³-hybridized carbons (Fsp3) is 0.167. The van der Waals surface area contributed by atoms with Crippen LogP contribution in [-0.4, -0.2) is 27.1 Å². The van der Waals surface area contributed by atoms with Crippen LogP contribution in [0, 0.1) is 6.92 Å². The van der Waals surface area contributed by atoms with Gasteiger partial charge in [-0.15, -0.1) is 0 Å². The Hall–Kier alpha value is -1.93. The van der Waals surface area contributed by atoms with Gasteiger partial charge in [-0.05, 0) is 19.1 Å². The Morgan fingerprint density at radius 2 is 1.80 bits per heavy atom. The molecule has 0 bridgehead atoms. The Balaban J connectivity index is 2.61. The molecule has 0 aliphatic carbocycles. The van der Waals surface area contributed by atoms with Gasteiger partial charge in [0.25, 0.3) is 0 Å². The van der Waals surface area contributed by atoms with Crippen molar-refractivity contribution >= 4 is 12.8 Å². The highest BCUT2D eigenvalue weighted by atomic mass is 19.4. The molecule has 0 radical (unpaired) electrons. The smallest absolute Gasteiger partial charge is 0.421 e. The average Bonchev–Trinajstić information content (AvgIpc) is 2.37. The van der Waals surface area contributed by atoms with E-state index < -0.39 is 24.7 Å². The normalized spacial score (nSPS) is 11.5. The van der Waals surface area contributed by atoms with Crippen LogP contribution in [0.3, 0.4) is 0 Å². The van der Waals surface area contributed by atoms with Crippen LogP contribution in [0.2, 0.25) is 0 Å². The molecule has 2 N–H and O–H groups in total. The standard InChI is InChI=1S/C12H10BF3N2O2/c1-7-3-2-4-8(5-7)9-6-10(12(14,15)16)18-11(17-9)13(19)20/h2-6,19-20H,1H3. The van der Waals surface area contributed by atoms with Crippen molar-refractivity contribution in [2.45, 2.75) is 13.1 Å². The molecule has 0 aliphatic rings. The van der Waals surface area contributed by atoms with Crippen LogP contribution < -0.4 is 5.72 Å². The number of hydrogen-bond acceptors (Lipinski definition) is 4. The predicted molar refractivity (Wildman–Crippen MR) is 67.0 cm³/mol. The Kier molecular flexibility index (Phi) is 3.78. The zero-order valence-corrected chi connectivity index (χ0v) is 10.4. The minimum Gasteiger partial charge on any atom is -0.421 e. The van der Waals surface area contributed by atoms with Gasteiger partial charge in [0.15, 0.2) is 5.72 Å². The van der Waals surface area contributed by atoms with Crippen LogP contribution in [0.5, 0.6) is 0 Å². The molecular weight excluding hydrogens is 272 g/mol. The lowest BCUT2D eigenvalue weighted by Gasteiger charge is -2.10. The molecule has 8 heteroatoms. The molecule has 104 valence electrons. The van der Waals surface area contributed by atoms with Crippen molar-refractivity contribution in [3.63, 3.8) is 0 Å². The summed E-state index contributed by atoms with van der Waals surface area (Å²) in [5, 5.41) is 18.0. The molecule has 0 saturated heterocycles. The molecule has 4 nitrogen and oxygen atoms in total. The zero-order valence-electron chi connectivity index (χ0n) is 10.4. The fourth-order valence-corrected chi connectivity index (χ4v) is 1.68. The van der Waals surface area contributed by atoms with Gasteiger partial charge in [-0.3, -0.25) is 0 Å². The first kappa shape index (κ1) is 14.5. The number of halogens is 3. The zero-order chi connectivity index (χ0) is 14.9. The lowest BCUT2D eigenvalue weighted by atomic mass is 9.90. The maximum atomic E-state index is 12.8. The van der Waals surface area contributed by atoms with Crippen molar-refractivity contribution in [3.8, 4) is 11.3 Å². The SMILES string of the molecule is Cc1cccc(-c2cc(C(F)(F)F)nc(B(O)O)n2)c1. The van der Waals surface area contributed by atoms with Crippen LogP contribution in [0.4, 0.5) is 13.2 Å². The quantitative estimate of drug-likeness (QED) is 0.811. The van der Waals surface area contributed by atoms with Gasteiger partial charge in [-0.25, -0.2) is 9.97 Å². The molecule has 0 unspecified atom stereocenters. The van der Waals surface area contributed by atoms with Gasteiger partial charge >= 0.3 is 13.3 Å². The molecule has 1 heterocycles. The highest BCUT2D eigenvalue weighted by Crippen LogP contribution is 2.29. The van der Waals surface area contributed by atoms with E-state index in [-0.39, 0.29) is 5.69 Å². The second-order valence-electron chi connectivity index (χ2n) is 4.24. The number of rotatable bonds is 2. The van der Waals surface area contributed by atoms with E-state index in [1.165, 1.54) is 0 Å². The third-order valence-electron chi connectivity index (χ3n) is 2.58. The van der Waals surface area contributed by atoms with Gasteiger partial charge in [-0.1, -0.05) is 23.8 Å². The number of nitrogens with zero attached hydrogens (tertiary/aromatic N) is 2. The molecule has 2 rings (SSSR count).